The molecule has 2 N–H and O–H groups in total. The number of carbonyl (C=O) groups excluding carboxylic acids is 1. The van der Waals surface area contributed by atoms with Gasteiger partial charge in [0, 0.05) is 18.2 Å². The van der Waals surface area contributed by atoms with E-state index in [1.54, 1.807) is 18.5 Å². The fourth-order valence-electron chi connectivity index (χ4n) is 3.47. The van der Waals surface area contributed by atoms with Gasteiger partial charge in [0.15, 0.2) is 5.76 Å². The van der Waals surface area contributed by atoms with E-state index >= 15 is 0 Å². The lowest BCUT2D eigenvalue weighted by Crippen LogP contribution is -2.24. The predicted molar refractivity (Wildman–Crippen MR) is 95.3 cm³/mol. The van der Waals surface area contributed by atoms with Gasteiger partial charge in [-0.25, -0.2) is 0 Å². The summed E-state index contributed by atoms with van der Waals surface area (Å²) in [4.78, 5) is 16.8. The van der Waals surface area contributed by atoms with Gasteiger partial charge in [-0.05, 0) is 25.0 Å². The molecule has 3 aromatic heterocycles. The highest BCUT2D eigenvalue weighted by atomic mass is 16.5. The molecule has 0 bridgehead atoms. The molecule has 3 aromatic rings. The van der Waals surface area contributed by atoms with Crippen LogP contribution in [-0.2, 0) is 6.54 Å². The first-order valence-corrected chi connectivity index (χ1v) is 9.00. The van der Waals surface area contributed by atoms with E-state index in [4.69, 9.17) is 4.52 Å². The SMILES string of the molecule is O=C(NCc1cc(-c2ccccn2)no1)c1cn[nH]c1C1CCCCC1. The average Bonchev–Trinajstić information content (AvgIpc) is 3.37. The van der Waals surface area contributed by atoms with E-state index in [0.29, 0.717) is 22.9 Å². The molecule has 1 amide bonds. The summed E-state index contributed by atoms with van der Waals surface area (Å²) in [5.41, 5.74) is 2.97. The van der Waals surface area contributed by atoms with Crippen LogP contribution in [0.5, 0.6) is 0 Å². The molecule has 7 nitrogen and oxygen atoms in total. The second-order valence-electron chi connectivity index (χ2n) is 6.61. The minimum atomic E-state index is -0.143. The molecule has 0 unspecified atom stereocenters. The fraction of sp³-hybridized carbons (Fsp3) is 0.368. The number of aromatic amines is 1. The Morgan fingerprint density at radius 1 is 1.23 bits per heavy atom. The van der Waals surface area contributed by atoms with E-state index in [1.807, 2.05) is 18.2 Å². The molecule has 1 fully saturated rings. The van der Waals surface area contributed by atoms with Gasteiger partial charge in [0.05, 0.1) is 29.7 Å². The van der Waals surface area contributed by atoms with Crippen molar-refractivity contribution < 1.29 is 9.32 Å². The third kappa shape index (κ3) is 3.51. The zero-order valence-corrected chi connectivity index (χ0v) is 14.4. The van der Waals surface area contributed by atoms with E-state index in [0.717, 1.165) is 24.2 Å². The fourth-order valence-corrected chi connectivity index (χ4v) is 3.47. The standard InChI is InChI=1S/C19H21N5O2/c25-19(15-12-22-23-18(15)13-6-2-1-3-7-13)21-11-14-10-17(24-26-14)16-8-4-5-9-20-16/h4-5,8-10,12-13H,1-3,6-7,11H2,(H,21,25)(H,22,23). The van der Waals surface area contributed by atoms with Gasteiger partial charge in [-0.15, -0.1) is 0 Å². The van der Waals surface area contributed by atoms with Gasteiger partial charge in [0.1, 0.15) is 5.69 Å². The van der Waals surface area contributed by atoms with E-state index in [2.05, 4.69) is 25.7 Å². The van der Waals surface area contributed by atoms with Gasteiger partial charge in [-0.3, -0.25) is 14.9 Å². The summed E-state index contributed by atoms with van der Waals surface area (Å²) in [6, 6.07) is 7.39. The number of aromatic nitrogens is 4. The van der Waals surface area contributed by atoms with Crippen molar-refractivity contribution in [2.75, 3.05) is 0 Å². The summed E-state index contributed by atoms with van der Waals surface area (Å²) in [6.45, 7) is 0.272. The Kier molecular flexibility index (Phi) is 4.77. The van der Waals surface area contributed by atoms with Crippen LogP contribution in [0.3, 0.4) is 0 Å². The molecule has 1 saturated carbocycles. The third-order valence-electron chi connectivity index (χ3n) is 4.84. The lowest BCUT2D eigenvalue weighted by atomic mass is 9.85. The molecular weight excluding hydrogens is 330 g/mol. The minimum absolute atomic E-state index is 0.143. The third-order valence-corrected chi connectivity index (χ3v) is 4.84. The highest BCUT2D eigenvalue weighted by Gasteiger charge is 2.23. The number of nitrogens with one attached hydrogen (secondary N) is 2. The molecule has 3 heterocycles. The Balaban J connectivity index is 1.40. The van der Waals surface area contributed by atoms with Gasteiger partial charge in [-0.2, -0.15) is 5.10 Å². The maximum atomic E-state index is 12.6. The average molecular weight is 351 g/mol. The Morgan fingerprint density at radius 2 is 2.12 bits per heavy atom. The highest BCUT2D eigenvalue weighted by molar-refractivity contribution is 5.95. The minimum Gasteiger partial charge on any atom is -0.359 e. The first-order chi connectivity index (χ1) is 12.8. The number of H-pyrrole nitrogens is 1. The maximum absolute atomic E-state index is 12.6. The first kappa shape index (κ1) is 16.5. The van der Waals surface area contributed by atoms with E-state index in [1.165, 1.54) is 19.3 Å². The number of rotatable bonds is 5. The number of nitrogens with zero attached hydrogens (tertiary/aromatic N) is 3. The van der Waals surface area contributed by atoms with E-state index in [-0.39, 0.29) is 12.5 Å². The first-order valence-electron chi connectivity index (χ1n) is 9.00. The van der Waals surface area contributed by atoms with Crippen LogP contribution in [0, 0.1) is 0 Å². The van der Waals surface area contributed by atoms with Gasteiger partial charge in [0.2, 0.25) is 0 Å². The van der Waals surface area contributed by atoms with Crippen molar-refractivity contribution in [2.24, 2.45) is 0 Å². The Morgan fingerprint density at radius 3 is 2.92 bits per heavy atom. The monoisotopic (exact) mass is 351 g/mol. The molecule has 0 spiro atoms. The maximum Gasteiger partial charge on any atom is 0.255 e. The smallest absolute Gasteiger partial charge is 0.255 e. The van der Waals surface area contributed by atoms with E-state index < -0.39 is 0 Å². The Bertz CT molecular complexity index is 865. The Labute approximate surface area is 151 Å². The van der Waals surface area contributed by atoms with Crippen LogP contribution >= 0.6 is 0 Å². The van der Waals surface area contributed by atoms with Crippen LogP contribution in [-0.4, -0.2) is 26.2 Å². The molecule has 1 aliphatic carbocycles. The van der Waals surface area contributed by atoms with Crippen LogP contribution in [0.25, 0.3) is 11.4 Å². The second-order valence-corrected chi connectivity index (χ2v) is 6.61. The number of hydrogen-bond donors (Lipinski definition) is 2. The van der Waals surface area contributed by atoms with Crippen LogP contribution in [0.2, 0.25) is 0 Å². The van der Waals surface area contributed by atoms with Crippen LogP contribution in [0.15, 0.2) is 41.2 Å². The number of carbonyl (C=O) groups is 1. The molecule has 7 heteroatoms. The largest absolute Gasteiger partial charge is 0.359 e. The van der Waals surface area contributed by atoms with Crippen LogP contribution < -0.4 is 5.32 Å². The normalized spacial score (nSPS) is 15.1. The lowest BCUT2D eigenvalue weighted by Gasteiger charge is -2.21. The van der Waals surface area contributed by atoms with Crippen molar-refractivity contribution in [3.8, 4) is 11.4 Å². The van der Waals surface area contributed by atoms with Gasteiger partial charge in [-0.1, -0.05) is 30.5 Å². The predicted octanol–water partition coefficient (Wildman–Crippen LogP) is 3.44. The van der Waals surface area contributed by atoms with Gasteiger partial charge >= 0.3 is 0 Å². The summed E-state index contributed by atoms with van der Waals surface area (Å²) in [5, 5.41) is 14.0. The zero-order valence-electron chi connectivity index (χ0n) is 14.4. The zero-order chi connectivity index (χ0) is 17.8. The lowest BCUT2D eigenvalue weighted by molar-refractivity contribution is 0.0945. The number of amides is 1. The van der Waals surface area contributed by atoms with Crippen molar-refractivity contribution in [1.29, 1.82) is 0 Å². The molecule has 0 saturated heterocycles. The van der Waals surface area contributed by atoms with Crippen molar-refractivity contribution in [2.45, 2.75) is 44.6 Å². The highest BCUT2D eigenvalue weighted by Crippen LogP contribution is 2.33. The number of hydrogen-bond acceptors (Lipinski definition) is 5. The molecule has 0 radical (unpaired) electrons. The molecule has 0 aromatic carbocycles. The molecular formula is C19H21N5O2. The quantitative estimate of drug-likeness (QED) is 0.734. The van der Waals surface area contributed by atoms with Crippen molar-refractivity contribution >= 4 is 5.91 Å². The number of pyridine rings is 1. The van der Waals surface area contributed by atoms with Crippen molar-refractivity contribution in [1.82, 2.24) is 25.7 Å². The summed E-state index contributed by atoms with van der Waals surface area (Å²) in [7, 11) is 0. The van der Waals surface area contributed by atoms with Gasteiger partial charge < -0.3 is 9.84 Å². The van der Waals surface area contributed by atoms with Crippen LogP contribution in [0.1, 0.15) is 59.8 Å². The second kappa shape index (κ2) is 7.51. The van der Waals surface area contributed by atoms with Crippen molar-refractivity contribution in [3.63, 3.8) is 0 Å². The van der Waals surface area contributed by atoms with Crippen molar-refractivity contribution in [3.05, 3.63) is 53.7 Å². The summed E-state index contributed by atoms with van der Waals surface area (Å²) < 4.78 is 5.31. The summed E-state index contributed by atoms with van der Waals surface area (Å²) >= 11 is 0. The molecule has 4 rings (SSSR count). The molecule has 0 aliphatic heterocycles. The topological polar surface area (TPSA) is 96.7 Å². The molecule has 26 heavy (non-hydrogen) atoms. The summed E-state index contributed by atoms with van der Waals surface area (Å²) in [5.74, 6) is 0.838. The van der Waals surface area contributed by atoms with E-state index in [9.17, 15) is 4.79 Å². The van der Waals surface area contributed by atoms with Crippen LogP contribution in [0.4, 0.5) is 0 Å². The molecule has 1 aliphatic rings. The Hall–Kier alpha value is -2.96. The van der Waals surface area contributed by atoms with Gasteiger partial charge in [0.25, 0.3) is 5.91 Å². The molecule has 134 valence electrons. The molecule has 0 atom stereocenters. The summed E-state index contributed by atoms with van der Waals surface area (Å²) in [6.07, 6.45) is 9.22.